The Morgan fingerprint density at radius 1 is 1.00 bits per heavy atom. The third kappa shape index (κ3) is 7.26. The van der Waals surface area contributed by atoms with E-state index in [0.717, 1.165) is 32.1 Å². The van der Waals surface area contributed by atoms with Crippen LogP contribution in [0.2, 0.25) is 0 Å². The SMILES string of the molecule is CC[C@@]1([C@@H]2O[C@@H]([C@H]3O[C@@](O)(CO)[C@H](C)C[C@@H]3C)C[C@@H]2C)CC[C@H]([C@]2(C)CC[C@]3(C[C@H](OC(C)=O)[C@@H](C)[C@@H]([C@@H](C)[C@@H](OC)[C@H](C)C(=O)O)O3)O2)O1. The molecule has 5 aliphatic rings. The summed E-state index contributed by atoms with van der Waals surface area (Å²) in [6.45, 7) is 16.9. The number of carbonyl (C=O) groups is 2. The largest absolute Gasteiger partial charge is 0.481 e. The molecule has 5 fully saturated rings. The van der Waals surface area contributed by atoms with Crippen LogP contribution in [-0.2, 0) is 42.7 Å². The number of hydrogen-bond acceptors (Lipinski definition) is 11. The second-order valence-corrected chi connectivity index (χ2v) is 16.9. The summed E-state index contributed by atoms with van der Waals surface area (Å²) in [7, 11) is 1.52. The molecule has 5 aliphatic heterocycles. The summed E-state index contributed by atoms with van der Waals surface area (Å²) in [6, 6.07) is 0. The lowest BCUT2D eigenvalue weighted by atomic mass is 9.78. The molecule has 0 bridgehead atoms. The number of esters is 1. The Balaban J connectivity index is 1.33. The smallest absolute Gasteiger partial charge is 0.308 e. The van der Waals surface area contributed by atoms with E-state index in [1.54, 1.807) is 6.92 Å². The van der Waals surface area contributed by atoms with Gasteiger partial charge in [0.1, 0.15) is 6.10 Å². The first-order valence-corrected chi connectivity index (χ1v) is 19.0. The van der Waals surface area contributed by atoms with Crippen LogP contribution in [0, 0.1) is 35.5 Å². The van der Waals surface area contributed by atoms with Crippen molar-refractivity contribution in [3.05, 3.63) is 0 Å². The molecule has 3 N–H and O–H groups in total. The van der Waals surface area contributed by atoms with E-state index in [0.29, 0.717) is 19.3 Å². The van der Waals surface area contributed by atoms with Gasteiger partial charge >= 0.3 is 11.9 Å². The van der Waals surface area contributed by atoms with Crippen LogP contribution in [-0.4, -0.2) is 106 Å². The van der Waals surface area contributed by atoms with Crippen molar-refractivity contribution >= 4 is 11.9 Å². The van der Waals surface area contributed by atoms with E-state index in [1.165, 1.54) is 14.0 Å². The molecule has 288 valence electrons. The van der Waals surface area contributed by atoms with Gasteiger partial charge in [-0.15, -0.1) is 0 Å². The van der Waals surface area contributed by atoms with E-state index in [2.05, 4.69) is 27.7 Å². The minimum absolute atomic E-state index is 0.164. The highest BCUT2D eigenvalue weighted by Crippen LogP contribution is 2.55. The van der Waals surface area contributed by atoms with Crippen molar-refractivity contribution in [2.45, 2.75) is 179 Å². The number of carboxylic acid groups (broad SMARTS) is 1. The predicted molar refractivity (Wildman–Crippen MR) is 182 cm³/mol. The fourth-order valence-electron chi connectivity index (χ4n) is 10.3. The lowest BCUT2D eigenvalue weighted by Gasteiger charge is -2.49. The summed E-state index contributed by atoms with van der Waals surface area (Å²) in [5.74, 6) is -5.09. The quantitative estimate of drug-likeness (QED) is 0.251. The van der Waals surface area contributed by atoms with Crippen LogP contribution >= 0.6 is 0 Å². The minimum Gasteiger partial charge on any atom is -0.481 e. The topological polar surface area (TPSA) is 159 Å². The number of methoxy groups -OCH3 is 1. The molecule has 0 aromatic carbocycles. The average Bonchev–Trinajstić information content (AvgIpc) is 3.77. The Morgan fingerprint density at radius 2 is 1.70 bits per heavy atom. The number of rotatable bonds is 11. The first-order valence-electron chi connectivity index (χ1n) is 19.0. The van der Waals surface area contributed by atoms with Crippen LogP contribution < -0.4 is 0 Å². The van der Waals surface area contributed by atoms with E-state index in [9.17, 15) is 24.9 Å². The first kappa shape index (κ1) is 39.8. The predicted octanol–water partition coefficient (Wildman–Crippen LogP) is 4.84. The summed E-state index contributed by atoms with van der Waals surface area (Å²) >= 11 is 0. The summed E-state index contributed by atoms with van der Waals surface area (Å²) in [6.07, 6.45) is 2.92. The molecule has 0 aliphatic carbocycles. The van der Waals surface area contributed by atoms with Gasteiger partial charge in [-0.1, -0.05) is 41.5 Å². The maximum atomic E-state index is 12.3. The van der Waals surface area contributed by atoms with Crippen LogP contribution in [0.3, 0.4) is 0 Å². The maximum Gasteiger partial charge on any atom is 0.308 e. The van der Waals surface area contributed by atoms with Crippen LogP contribution in [0.1, 0.15) is 114 Å². The molecule has 0 amide bonds. The standard InChI is InChI=1S/C38H64O12/c1-11-36(33-21(3)17-27(46-33)30-20(2)16-22(4)38(43,19-39)49-30)13-12-29(47-36)35(9)14-15-37(50-35)18-28(45-26(8)40)23(5)32(48-37)24(6)31(44-10)25(7)34(41)42/h20-25,27-33,39,43H,11-19H2,1-10H3,(H,41,42)/t20-,21-,22+,23+,24-,25-,27+,28-,29+,30-,31+,32-,33+,35-,36-,37+,38-/m0/s1. The summed E-state index contributed by atoms with van der Waals surface area (Å²) in [5.41, 5.74) is -1.21. The van der Waals surface area contributed by atoms with E-state index < -0.39 is 59.6 Å². The highest BCUT2D eigenvalue weighted by molar-refractivity contribution is 5.70. The first-order chi connectivity index (χ1) is 23.4. The Labute approximate surface area is 298 Å². The van der Waals surface area contributed by atoms with E-state index in [-0.39, 0.29) is 60.0 Å². The Hall–Kier alpha value is -1.38. The number of aliphatic hydroxyl groups excluding tert-OH is 1. The van der Waals surface area contributed by atoms with Gasteiger partial charge < -0.3 is 48.5 Å². The van der Waals surface area contributed by atoms with Crippen LogP contribution in [0.5, 0.6) is 0 Å². The molecule has 0 unspecified atom stereocenters. The number of aliphatic carboxylic acids is 1. The van der Waals surface area contributed by atoms with E-state index in [4.69, 9.17) is 33.2 Å². The maximum absolute atomic E-state index is 12.3. The van der Waals surface area contributed by atoms with Gasteiger partial charge in [0.05, 0.1) is 60.4 Å². The number of carboxylic acids is 1. The van der Waals surface area contributed by atoms with Crippen LogP contribution in [0.4, 0.5) is 0 Å². The zero-order valence-corrected chi connectivity index (χ0v) is 31.9. The lowest BCUT2D eigenvalue weighted by Crippen LogP contribution is -2.57. The summed E-state index contributed by atoms with van der Waals surface area (Å²) < 4.78 is 45.6. The van der Waals surface area contributed by atoms with Gasteiger partial charge in [0, 0.05) is 44.6 Å². The molecule has 12 nitrogen and oxygen atoms in total. The summed E-state index contributed by atoms with van der Waals surface area (Å²) in [4.78, 5) is 24.2. The summed E-state index contributed by atoms with van der Waals surface area (Å²) in [5, 5.41) is 30.7. The molecule has 5 heterocycles. The molecular weight excluding hydrogens is 648 g/mol. The number of ether oxygens (including phenoxy) is 7. The van der Waals surface area contributed by atoms with Crippen molar-refractivity contribution < 1.29 is 58.1 Å². The molecule has 5 saturated heterocycles. The van der Waals surface area contributed by atoms with Gasteiger partial charge in [0.15, 0.2) is 11.6 Å². The highest BCUT2D eigenvalue weighted by atomic mass is 16.7. The van der Waals surface area contributed by atoms with Crippen molar-refractivity contribution in [2.24, 2.45) is 35.5 Å². The average molecular weight is 713 g/mol. The monoisotopic (exact) mass is 712 g/mol. The van der Waals surface area contributed by atoms with Gasteiger partial charge in [-0.05, 0) is 64.2 Å². The Bertz CT molecular complexity index is 1220. The van der Waals surface area contributed by atoms with Crippen molar-refractivity contribution in [3.63, 3.8) is 0 Å². The fourth-order valence-corrected chi connectivity index (χ4v) is 10.3. The van der Waals surface area contributed by atoms with Gasteiger partial charge in [0.2, 0.25) is 0 Å². The minimum atomic E-state index is -1.58. The third-order valence-electron chi connectivity index (χ3n) is 13.3. The lowest BCUT2D eigenvalue weighted by molar-refractivity contribution is -0.336. The van der Waals surface area contributed by atoms with Crippen molar-refractivity contribution in [3.8, 4) is 0 Å². The molecule has 17 atom stereocenters. The van der Waals surface area contributed by atoms with Crippen LogP contribution in [0.25, 0.3) is 0 Å². The zero-order valence-electron chi connectivity index (χ0n) is 31.9. The van der Waals surface area contributed by atoms with Crippen molar-refractivity contribution in [2.75, 3.05) is 13.7 Å². The molecule has 50 heavy (non-hydrogen) atoms. The van der Waals surface area contributed by atoms with Gasteiger partial charge in [-0.2, -0.15) is 0 Å². The second-order valence-electron chi connectivity index (χ2n) is 16.9. The molecular formula is C38H64O12. The van der Waals surface area contributed by atoms with Crippen molar-refractivity contribution in [1.82, 2.24) is 0 Å². The fraction of sp³-hybridized carbons (Fsp3) is 0.947. The van der Waals surface area contributed by atoms with Crippen molar-refractivity contribution in [1.29, 1.82) is 0 Å². The molecule has 12 heteroatoms. The van der Waals surface area contributed by atoms with Gasteiger partial charge in [-0.3, -0.25) is 9.59 Å². The highest BCUT2D eigenvalue weighted by Gasteiger charge is 2.62. The van der Waals surface area contributed by atoms with Crippen LogP contribution in [0.15, 0.2) is 0 Å². The van der Waals surface area contributed by atoms with E-state index in [1.807, 2.05) is 20.8 Å². The Kier molecular flexibility index (Phi) is 11.8. The van der Waals surface area contributed by atoms with Gasteiger partial charge in [0.25, 0.3) is 0 Å². The molecule has 0 radical (unpaired) electrons. The second kappa shape index (κ2) is 14.8. The number of aliphatic hydroxyl groups is 2. The Morgan fingerprint density at radius 3 is 2.30 bits per heavy atom. The molecule has 5 rings (SSSR count). The molecule has 0 aromatic heterocycles. The molecule has 1 spiro atoms. The van der Waals surface area contributed by atoms with E-state index >= 15 is 0 Å². The normalized spacial score (nSPS) is 48.4. The molecule has 0 aromatic rings. The molecule has 0 saturated carbocycles. The third-order valence-corrected chi connectivity index (χ3v) is 13.3. The number of carbonyl (C=O) groups excluding carboxylic acids is 1. The zero-order chi connectivity index (χ0) is 37.0. The number of hydrogen-bond donors (Lipinski definition) is 3. The van der Waals surface area contributed by atoms with Gasteiger partial charge in [-0.25, -0.2) is 0 Å².